The maximum atomic E-state index is 13.6. The van der Waals surface area contributed by atoms with Crippen molar-refractivity contribution < 1.29 is 17.9 Å². The Morgan fingerprint density at radius 3 is 2.28 bits per heavy atom. The number of halogens is 2. The summed E-state index contributed by atoms with van der Waals surface area (Å²) in [5.41, 5.74) is 1.59. The molecular weight excluding hydrogens is 564 g/mol. The van der Waals surface area contributed by atoms with Gasteiger partial charge in [0.05, 0.1) is 16.3 Å². The van der Waals surface area contributed by atoms with Gasteiger partial charge in [-0.15, -0.1) is 0 Å². The van der Waals surface area contributed by atoms with Crippen molar-refractivity contribution in [3.05, 3.63) is 112 Å². The van der Waals surface area contributed by atoms with E-state index in [2.05, 4.69) is 21.2 Å². The molecule has 1 N–H and O–H groups in total. The molecule has 0 saturated heterocycles. The fourth-order valence-corrected chi connectivity index (χ4v) is 5.24. The molecular formula is C27H22BrClN2O4S. The maximum absolute atomic E-state index is 13.6. The third-order valence-electron chi connectivity index (χ3n) is 5.20. The summed E-state index contributed by atoms with van der Waals surface area (Å²) in [6.45, 7) is 1.41. The SMILES string of the molecule is Cc1ccc(S(=O)(=O)N(CC(=O)Nc2cc(Cl)ccc2Oc2ccccc2)c2ccc(Br)cc2)cc1. The molecule has 0 unspecified atom stereocenters. The number of benzene rings is 4. The zero-order chi connectivity index (χ0) is 25.7. The monoisotopic (exact) mass is 584 g/mol. The average Bonchev–Trinajstić information content (AvgIpc) is 2.86. The molecule has 0 fully saturated rings. The topological polar surface area (TPSA) is 75.7 Å². The smallest absolute Gasteiger partial charge is 0.264 e. The van der Waals surface area contributed by atoms with Crippen molar-refractivity contribution in [3.63, 3.8) is 0 Å². The van der Waals surface area contributed by atoms with Gasteiger partial charge in [0.15, 0.2) is 5.75 Å². The lowest BCUT2D eigenvalue weighted by Crippen LogP contribution is -2.38. The van der Waals surface area contributed by atoms with Crippen molar-refractivity contribution in [2.24, 2.45) is 0 Å². The summed E-state index contributed by atoms with van der Waals surface area (Å²) in [6, 6.07) is 27.1. The van der Waals surface area contributed by atoms with Gasteiger partial charge in [0, 0.05) is 9.50 Å². The minimum absolute atomic E-state index is 0.0830. The summed E-state index contributed by atoms with van der Waals surface area (Å²) >= 11 is 9.53. The van der Waals surface area contributed by atoms with E-state index in [1.807, 2.05) is 25.1 Å². The second-order valence-electron chi connectivity index (χ2n) is 7.90. The fraction of sp³-hybridized carbons (Fsp3) is 0.0741. The molecule has 36 heavy (non-hydrogen) atoms. The van der Waals surface area contributed by atoms with Crippen LogP contribution in [0.25, 0.3) is 0 Å². The zero-order valence-electron chi connectivity index (χ0n) is 19.2. The molecule has 0 saturated carbocycles. The van der Waals surface area contributed by atoms with Gasteiger partial charge in [-0.1, -0.05) is 63.4 Å². The molecule has 0 aliphatic rings. The largest absolute Gasteiger partial charge is 0.455 e. The van der Waals surface area contributed by atoms with E-state index < -0.39 is 22.5 Å². The van der Waals surface area contributed by atoms with E-state index in [1.165, 1.54) is 12.1 Å². The van der Waals surface area contributed by atoms with Gasteiger partial charge in [0.25, 0.3) is 10.0 Å². The lowest BCUT2D eigenvalue weighted by atomic mass is 10.2. The minimum Gasteiger partial charge on any atom is -0.455 e. The van der Waals surface area contributed by atoms with E-state index in [4.69, 9.17) is 16.3 Å². The van der Waals surface area contributed by atoms with Crippen LogP contribution in [0.4, 0.5) is 11.4 Å². The first-order valence-corrected chi connectivity index (χ1v) is 13.5. The highest BCUT2D eigenvalue weighted by molar-refractivity contribution is 9.10. The Morgan fingerprint density at radius 1 is 0.944 bits per heavy atom. The molecule has 0 spiro atoms. The highest BCUT2D eigenvalue weighted by Gasteiger charge is 2.27. The third kappa shape index (κ3) is 6.26. The van der Waals surface area contributed by atoms with E-state index in [-0.39, 0.29) is 4.90 Å². The molecule has 0 aromatic heterocycles. The van der Waals surface area contributed by atoms with E-state index in [1.54, 1.807) is 66.7 Å². The summed E-state index contributed by atoms with van der Waals surface area (Å²) in [6.07, 6.45) is 0. The van der Waals surface area contributed by atoms with Crippen LogP contribution >= 0.6 is 27.5 Å². The lowest BCUT2D eigenvalue weighted by molar-refractivity contribution is -0.114. The number of hydrogen-bond acceptors (Lipinski definition) is 4. The van der Waals surface area contributed by atoms with Gasteiger partial charge in [-0.2, -0.15) is 0 Å². The van der Waals surface area contributed by atoms with E-state index in [0.29, 0.717) is 27.9 Å². The first-order valence-electron chi connectivity index (χ1n) is 10.9. The van der Waals surface area contributed by atoms with Crippen LogP contribution in [0.3, 0.4) is 0 Å². The number of para-hydroxylation sites is 1. The molecule has 4 rings (SSSR count). The van der Waals surface area contributed by atoms with Gasteiger partial charge in [-0.25, -0.2) is 8.42 Å². The van der Waals surface area contributed by atoms with Gasteiger partial charge in [-0.3, -0.25) is 9.10 Å². The Morgan fingerprint density at radius 2 is 1.61 bits per heavy atom. The van der Waals surface area contributed by atoms with Crippen molar-refractivity contribution in [3.8, 4) is 11.5 Å². The first-order chi connectivity index (χ1) is 17.2. The van der Waals surface area contributed by atoms with Crippen molar-refractivity contribution in [2.75, 3.05) is 16.2 Å². The summed E-state index contributed by atoms with van der Waals surface area (Å²) in [4.78, 5) is 13.3. The van der Waals surface area contributed by atoms with Gasteiger partial charge in [-0.05, 0) is 73.7 Å². The molecule has 1 amide bonds. The Kier molecular flexibility index (Phi) is 7.98. The quantitative estimate of drug-likeness (QED) is 0.241. The highest BCUT2D eigenvalue weighted by atomic mass is 79.9. The van der Waals surface area contributed by atoms with E-state index in [9.17, 15) is 13.2 Å². The molecule has 0 bridgehead atoms. The van der Waals surface area contributed by atoms with Gasteiger partial charge < -0.3 is 10.1 Å². The molecule has 6 nitrogen and oxygen atoms in total. The van der Waals surface area contributed by atoms with E-state index >= 15 is 0 Å². The molecule has 0 radical (unpaired) electrons. The standard InChI is InChI=1S/C27H22BrClN2O4S/c1-19-7-14-24(15-8-19)36(33,34)31(22-12-9-20(28)10-13-22)18-27(32)30-25-17-21(29)11-16-26(25)35-23-5-3-2-4-6-23/h2-17H,18H2,1H3,(H,30,32). The normalized spacial score (nSPS) is 11.1. The number of carbonyl (C=O) groups excluding carboxylic acids is 1. The molecule has 4 aromatic rings. The number of ether oxygens (including phenoxy) is 1. The van der Waals surface area contributed by atoms with Crippen LogP contribution in [0.15, 0.2) is 106 Å². The summed E-state index contributed by atoms with van der Waals surface area (Å²) in [5.74, 6) is 0.387. The van der Waals surface area contributed by atoms with Gasteiger partial charge >= 0.3 is 0 Å². The van der Waals surface area contributed by atoms with Crippen molar-refractivity contribution in [1.82, 2.24) is 0 Å². The molecule has 9 heteroatoms. The van der Waals surface area contributed by atoms with Crippen LogP contribution in [0.1, 0.15) is 5.56 Å². The number of amides is 1. The maximum Gasteiger partial charge on any atom is 0.264 e. The van der Waals surface area contributed by atoms with Crippen LogP contribution in [0.5, 0.6) is 11.5 Å². The number of anilines is 2. The fourth-order valence-electron chi connectivity index (χ4n) is 3.38. The number of nitrogens with zero attached hydrogens (tertiary/aromatic N) is 1. The molecule has 0 atom stereocenters. The summed E-state index contributed by atoms with van der Waals surface area (Å²) in [5, 5.41) is 3.14. The lowest BCUT2D eigenvalue weighted by Gasteiger charge is -2.24. The van der Waals surface area contributed by atoms with Crippen LogP contribution in [0.2, 0.25) is 5.02 Å². The highest BCUT2D eigenvalue weighted by Crippen LogP contribution is 2.32. The Balaban J connectivity index is 1.64. The first kappa shape index (κ1) is 25.8. The zero-order valence-corrected chi connectivity index (χ0v) is 22.3. The second kappa shape index (κ2) is 11.2. The average molecular weight is 586 g/mol. The Bertz CT molecular complexity index is 1460. The summed E-state index contributed by atoms with van der Waals surface area (Å²) < 4.78 is 34.9. The third-order valence-corrected chi connectivity index (χ3v) is 7.75. The Hall–Kier alpha value is -3.33. The predicted octanol–water partition coefficient (Wildman–Crippen LogP) is 7.04. The number of aryl methyl sites for hydroxylation is 1. The number of sulfonamides is 1. The van der Waals surface area contributed by atoms with Crippen LogP contribution in [0, 0.1) is 6.92 Å². The molecule has 0 aliphatic heterocycles. The number of hydrogen-bond donors (Lipinski definition) is 1. The molecule has 0 heterocycles. The number of rotatable bonds is 8. The molecule has 0 aliphatic carbocycles. The molecule has 184 valence electrons. The second-order valence-corrected chi connectivity index (χ2v) is 11.1. The summed E-state index contributed by atoms with van der Waals surface area (Å²) in [7, 11) is -4.04. The Labute approximate surface area is 223 Å². The van der Waals surface area contributed by atoms with Crippen LogP contribution < -0.4 is 14.4 Å². The number of carbonyl (C=O) groups is 1. The predicted molar refractivity (Wildman–Crippen MR) is 146 cm³/mol. The van der Waals surface area contributed by atoms with Gasteiger partial charge in [0.1, 0.15) is 12.3 Å². The van der Waals surface area contributed by atoms with Crippen molar-refractivity contribution in [2.45, 2.75) is 11.8 Å². The van der Waals surface area contributed by atoms with E-state index in [0.717, 1.165) is 14.3 Å². The molecule has 4 aromatic carbocycles. The van der Waals surface area contributed by atoms with Gasteiger partial charge in [0.2, 0.25) is 5.91 Å². The van der Waals surface area contributed by atoms with Crippen LogP contribution in [-0.2, 0) is 14.8 Å². The minimum atomic E-state index is -4.04. The number of nitrogens with one attached hydrogen (secondary N) is 1. The van der Waals surface area contributed by atoms with Crippen molar-refractivity contribution >= 4 is 54.8 Å². The van der Waals surface area contributed by atoms with Crippen LogP contribution in [-0.4, -0.2) is 20.9 Å². The van der Waals surface area contributed by atoms with Crippen molar-refractivity contribution in [1.29, 1.82) is 0 Å².